The Labute approximate surface area is 104 Å². The van der Waals surface area contributed by atoms with Crippen LogP contribution in [0.3, 0.4) is 0 Å². The number of hydrogen-bond acceptors (Lipinski definition) is 3. The molecule has 0 bridgehead atoms. The first-order chi connectivity index (χ1) is 8.56. The van der Waals surface area contributed by atoms with Crippen LogP contribution in [0.4, 0.5) is 15.8 Å². The standard InChI is InChI=1S/C13H12FN3O/c1-8-2-4-10(7-16-8)17-13(18)9-3-5-11(14)12(15)6-9/h2-7H,15H2,1H3,(H,17,18). The zero-order valence-electron chi connectivity index (χ0n) is 9.77. The minimum Gasteiger partial charge on any atom is -0.396 e. The largest absolute Gasteiger partial charge is 0.396 e. The van der Waals surface area contributed by atoms with E-state index in [1.807, 2.05) is 6.92 Å². The van der Waals surface area contributed by atoms with Crippen LogP contribution in [-0.4, -0.2) is 10.9 Å². The first-order valence-electron chi connectivity index (χ1n) is 5.35. The Bertz CT molecular complexity index is 581. The van der Waals surface area contributed by atoms with E-state index in [9.17, 15) is 9.18 Å². The first-order valence-corrected chi connectivity index (χ1v) is 5.35. The minimum absolute atomic E-state index is 0.0512. The maximum atomic E-state index is 13.0. The van der Waals surface area contributed by atoms with Crippen LogP contribution in [0.5, 0.6) is 0 Å². The molecule has 0 spiro atoms. The van der Waals surface area contributed by atoms with Crippen molar-refractivity contribution in [1.82, 2.24) is 4.98 Å². The Morgan fingerprint density at radius 3 is 2.72 bits per heavy atom. The Morgan fingerprint density at radius 1 is 1.33 bits per heavy atom. The van der Waals surface area contributed by atoms with Gasteiger partial charge in [0.05, 0.1) is 17.6 Å². The number of pyridine rings is 1. The van der Waals surface area contributed by atoms with E-state index in [2.05, 4.69) is 10.3 Å². The fourth-order valence-corrected chi connectivity index (χ4v) is 1.43. The molecule has 0 aliphatic carbocycles. The number of carbonyl (C=O) groups is 1. The number of aryl methyl sites for hydroxylation is 1. The minimum atomic E-state index is -0.538. The molecule has 0 fully saturated rings. The van der Waals surface area contributed by atoms with Crippen LogP contribution in [0, 0.1) is 12.7 Å². The third kappa shape index (κ3) is 2.63. The lowest BCUT2D eigenvalue weighted by Crippen LogP contribution is -2.12. The molecule has 0 saturated heterocycles. The van der Waals surface area contributed by atoms with E-state index >= 15 is 0 Å². The van der Waals surface area contributed by atoms with Gasteiger partial charge in [-0.3, -0.25) is 9.78 Å². The molecule has 1 amide bonds. The van der Waals surface area contributed by atoms with Crippen molar-refractivity contribution in [3.05, 3.63) is 53.6 Å². The highest BCUT2D eigenvalue weighted by Gasteiger charge is 2.08. The van der Waals surface area contributed by atoms with Crippen molar-refractivity contribution in [3.8, 4) is 0 Å². The number of aromatic nitrogens is 1. The number of carbonyl (C=O) groups excluding carboxylic acids is 1. The van der Waals surface area contributed by atoms with Gasteiger partial charge in [-0.25, -0.2) is 4.39 Å². The number of amides is 1. The number of nitrogen functional groups attached to an aromatic ring is 1. The first kappa shape index (κ1) is 12.0. The summed E-state index contributed by atoms with van der Waals surface area (Å²) >= 11 is 0. The quantitative estimate of drug-likeness (QED) is 0.798. The molecular weight excluding hydrogens is 233 g/mol. The van der Waals surface area contributed by atoms with Crippen LogP contribution in [-0.2, 0) is 0 Å². The van der Waals surface area contributed by atoms with Crippen molar-refractivity contribution in [3.63, 3.8) is 0 Å². The molecule has 1 aromatic heterocycles. The van der Waals surface area contributed by atoms with Gasteiger partial charge >= 0.3 is 0 Å². The summed E-state index contributed by atoms with van der Waals surface area (Å²) in [5.74, 6) is -0.893. The van der Waals surface area contributed by atoms with Crippen molar-refractivity contribution in [1.29, 1.82) is 0 Å². The van der Waals surface area contributed by atoms with E-state index in [4.69, 9.17) is 5.73 Å². The van der Waals surface area contributed by atoms with Crippen LogP contribution < -0.4 is 11.1 Å². The SMILES string of the molecule is Cc1ccc(NC(=O)c2ccc(F)c(N)c2)cn1. The smallest absolute Gasteiger partial charge is 0.255 e. The van der Waals surface area contributed by atoms with Crippen LogP contribution in [0.25, 0.3) is 0 Å². The monoisotopic (exact) mass is 245 g/mol. The number of anilines is 2. The summed E-state index contributed by atoms with van der Waals surface area (Å²) in [7, 11) is 0. The molecule has 0 saturated carbocycles. The molecule has 0 aliphatic heterocycles. The summed E-state index contributed by atoms with van der Waals surface area (Å²) in [6.45, 7) is 1.85. The van der Waals surface area contributed by atoms with Gasteiger partial charge in [0.25, 0.3) is 5.91 Å². The lowest BCUT2D eigenvalue weighted by atomic mass is 10.2. The molecule has 92 valence electrons. The van der Waals surface area contributed by atoms with Gasteiger partial charge in [0.2, 0.25) is 0 Å². The number of nitrogens with two attached hydrogens (primary N) is 1. The Balaban J connectivity index is 2.16. The van der Waals surface area contributed by atoms with Gasteiger partial charge in [0.1, 0.15) is 5.82 Å². The lowest BCUT2D eigenvalue weighted by molar-refractivity contribution is 0.102. The van der Waals surface area contributed by atoms with Crippen LogP contribution in [0.15, 0.2) is 36.5 Å². The molecule has 4 nitrogen and oxygen atoms in total. The van der Waals surface area contributed by atoms with Crippen molar-refractivity contribution in [2.75, 3.05) is 11.1 Å². The molecule has 18 heavy (non-hydrogen) atoms. The van der Waals surface area contributed by atoms with Crippen molar-refractivity contribution < 1.29 is 9.18 Å². The second-order valence-electron chi connectivity index (χ2n) is 3.88. The molecule has 0 radical (unpaired) electrons. The molecule has 1 heterocycles. The predicted molar refractivity (Wildman–Crippen MR) is 67.7 cm³/mol. The fourth-order valence-electron chi connectivity index (χ4n) is 1.43. The number of halogens is 1. The number of nitrogens with zero attached hydrogens (tertiary/aromatic N) is 1. The molecule has 1 aromatic carbocycles. The molecule has 2 aromatic rings. The van der Waals surface area contributed by atoms with E-state index < -0.39 is 5.82 Å². The summed E-state index contributed by atoms with van der Waals surface area (Å²) in [5.41, 5.74) is 7.09. The maximum absolute atomic E-state index is 13.0. The van der Waals surface area contributed by atoms with E-state index in [0.717, 1.165) is 11.8 Å². The number of benzene rings is 1. The molecule has 0 atom stereocenters. The average molecular weight is 245 g/mol. The lowest BCUT2D eigenvalue weighted by Gasteiger charge is -2.06. The van der Waals surface area contributed by atoms with Gasteiger partial charge in [-0.2, -0.15) is 0 Å². The van der Waals surface area contributed by atoms with Gasteiger partial charge in [-0.1, -0.05) is 0 Å². The number of hydrogen-bond donors (Lipinski definition) is 2. The molecule has 0 aliphatic rings. The Hall–Kier alpha value is -2.43. The number of nitrogens with one attached hydrogen (secondary N) is 1. The molecule has 3 N–H and O–H groups in total. The Morgan fingerprint density at radius 2 is 2.11 bits per heavy atom. The predicted octanol–water partition coefficient (Wildman–Crippen LogP) is 2.36. The second-order valence-corrected chi connectivity index (χ2v) is 3.88. The van der Waals surface area contributed by atoms with Crippen LogP contribution >= 0.6 is 0 Å². The van der Waals surface area contributed by atoms with Gasteiger partial charge in [0, 0.05) is 11.3 Å². The molecular formula is C13H12FN3O. The van der Waals surface area contributed by atoms with Crippen molar-refractivity contribution in [2.45, 2.75) is 6.92 Å². The zero-order chi connectivity index (χ0) is 13.1. The fraction of sp³-hybridized carbons (Fsp3) is 0.0769. The number of rotatable bonds is 2. The highest BCUT2D eigenvalue weighted by molar-refractivity contribution is 6.04. The van der Waals surface area contributed by atoms with Gasteiger partial charge in [0.15, 0.2) is 0 Å². The zero-order valence-corrected chi connectivity index (χ0v) is 9.77. The van der Waals surface area contributed by atoms with Gasteiger partial charge in [-0.15, -0.1) is 0 Å². The average Bonchev–Trinajstić information content (AvgIpc) is 2.35. The van der Waals surface area contributed by atoms with Crippen molar-refractivity contribution in [2.24, 2.45) is 0 Å². The van der Waals surface area contributed by atoms with E-state index in [-0.39, 0.29) is 11.6 Å². The topological polar surface area (TPSA) is 68.0 Å². The van der Waals surface area contributed by atoms with Crippen LogP contribution in [0.2, 0.25) is 0 Å². The van der Waals surface area contributed by atoms with Crippen LogP contribution in [0.1, 0.15) is 16.1 Å². The third-order valence-electron chi connectivity index (χ3n) is 2.43. The van der Waals surface area contributed by atoms with Crippen molar-refractivity contribution >= 4 is 17.3 Å². The summed E-state index contributed by atoms with van der Waals surface area (Å²) in [6, 6.07) is 7.37. The summed E-state index contributed by atoms with van der Waals surface area (Å²) in [4.78, 5) is 15.9. The highest BCUT2D eigenvalue weighted by Crippen LogP contribution is 2.14. The van der Waals surface area contributed by atoms with E-state index in [1.165, 1.54) is 12.1 Å². The van der Waals surface area contributed by atoms with Gasteiger partial charge < -0.3 is 11.1 Å². The summed E-state index contributed by atoms with van der Waals surface area (Å²) in [6.07, 6.45) is 1.56. The molecule has 0 unspecified atom stereocenters. The summed E-state index contributed by atoms with van der Waals surface area (Å²) in [5, 5.41) is 2.65. The second kappa shape index (κ2) is 4.83. The summed E-state index contributed by atoms with van der Waals surface area (Å²) < 4.78 is 13.0. The molecule has 5 heteroatoms. The molecule has 2 rings (SSSR count). The third-order valence-corrected chi connectivity index (χ3v) is 2.43. The highest BCUT2D eigenvalue weighted by atomic mass is 19.1. The normalized spacial score (nSPS) is 10.1. The Kier molecular flexibility index (Phi) is 3.23. The van der Waals surface area contributed by atoms with E-state index in [0.29, 0.717) is 11.3 Å². The maximum Gasteiger partial charge on any atom is 0.255 e. The van der Waals surface area contributed by atoms with E-state index in [1.54, 1.807) is 18.3 Å². The van der Waals surface area contributed by atoms with Gasteiger partial charge in [-0.05, 0) is 37.3 Å².